The summed E-state index contributed by atoms with van der Waals surface area (Å²) in [6, 6.07) is 8.06. The van der Waals surface area contributed by atoms with Crippen LogP contribution in [0.25, 0.3) is 0 Å². The number of hydrogen-bond acceptors (Lipinski definition) is 4. The maximum Gasteiger partial charge on any atom is 0.175 e. The number of ketones is 1. The molecule has 0 bridgehead atoms. The Bertz CT molecular complexity index is 655. The van der Waals surface area contributed by atoms with Gasteiger partial charge in [0, 0.05) is 18.2 Å². The van der Waals surface area contributed by atoms with E-state index in [1.807, 2.05) is 16.8 Å². The van der Waals surface area contributed by atoms with Crippen LogP contribution in [0.2, 0.25) is 0 Å². The van der Waals surface area contributed by atoms with Gasteiger partial charge in [-0.3, -0.25) is 4.79 Å². The second-order valence-corrected chi connectivity index (χ2v) is 6.83. The van der Waals surface area contributed by atoms with Gasteiger partial charge in [-0.1, -0.05) is 12.1 Å². The van der Waals surface area contributed by atoms with Gasteiger partial charge in [-0.15, -0.1) is 0 Å². The van der Waals surface area contributed by atoms with Crippen LogP contribution in [0.15, 0.2) is 46.0 Å². The number of benzene rings is 1. The smallest absolute Gasteiger partial charge is 0.175 e. The minimum atomic E-state index is -3.27. The molecule has 1 heterocycles. The van der Waals surface area contributed by atoms with Gasteiger partial charge in [0.15, 0.2) is 15.6 Å². The van der Waals surface area contributed by atoms with Gasteiger partial charge in [-0.25, -0.2) is 8.42 Å². The molecule has 0 spiro atoms. The topological polar surface area (TPSA) is 51.2 Å². The van der Waals surface area contributed by atoms with Crippen LogP contribution in [0.5, 0.6) is 0 Å². The lowest BCUT2D eigenvalue weighted by Gasteiger charge is -2.02. The lowest BCUT2D eigenvalue weighted by molar-refractivity contribution is 0.0993. The lowest BCUT2D eigenvalue weighted by Crippen LogP contribution is -2.05. The van der Waals surface area contributed by atoms with Crippen molar-refractivity contribution in [2.45, 2.75) is 11.3 Å². The van der Waals surface area contributed by atoms with Crippen LogP contribution in [0.1, 0.15) is 15.9 Å². The third-order valence-corrected chi connectivity index (χ3v) is 4.37. The second kappa shape index (κ2) is 5.04. The average Bonchev–Trinajstić information content (AvgIpc) is 2.81. The third kappa shape index (κ3) is 3.05. The molecular weight excluding hydrogens is 268 g/mol. The van der Waals surface area contributed by atoms with E-state index in [4.69, 9.17) is 0 Å². The van der Waals surface area contributed by atoms with Gasteiger partial charge in [-0.05, 0) is 34.5 Å². The summed E-state index contributed by atoms with van der Waals surface area (Å²) in [5, 5.41) is 3.83. The van der Waals surface area contributed by atoms with E-state index in [-0.39, 0.29) is 10.7 Å². The maximum atomic E-state index is 12.0. The zero-order chi connectivity index (χ0) is 13.2. The quantitative estimate of drug-likeness (QED) is 0.809. The molecule has 0 fully saturated rings. The molecule has 0 atom stereocenters. The average molecular weight is 280 g/mol. The Hall–Kier alpha value is -1.46. The normalized spacial score (nSPS) is 11.4. The van der Waals surface area contributed by atoms with E-state index in [2.05, 4.69) is 0 Å². The van der Waals surface area contributed by atoms with Crippen LogP contribution in [0, 0.1) is 0 Å². The first-order valence-corrected chi connectivity index (χ1v) is 8.14. The van der Waals surface area contributed by atoms with Crippen LogP contribution >= 0.6 is 11.3 Å². The Morgan fingerprint density at radius 2 is 2.06 bits per heavy atom. The number of rotatable bonds is 4. The van der Waals surface area contributed by atoms with Crippen LogP contribution in [0.3, 0.4) is 0 Å². The van der Waals surface area contributed by atoms with Crippen molar-refractivity contribution in [3.63, 3.8) is 0 Å². The first-order valence-electron chi connectivity index (χ1n) is 5.31. The number of thiophene rings is 1. The molecular formula is C13H12O3S2. The van der Waals surface area contributed by atoms with Crippen molar-refractivity contribution in [1.29, 1.82) is 0 Å². The van der Waals surface area contributed by atoms with Gasteiger partial charge >= 0.3 is 0 Å². The van der Waals surface area contributed by atoms with Crippen molar-refractivity contribution in [2.75, 3.05) is 6.26 Å². The van der Waals surface area contributed by atoms with Crippen molar-refractivity contribution < 1.29 is 13.2 Å². The van der Waals surface area contributed by atoms with Gasteiger partial charge in [0.1, 0.15) is 0 Å². The number of carbonyl (C=O) groups excluding carboxylic acids is 1. The summed E-state index contributed by atoms with van der Waals surface area (Å²) in [4.78, 5) is 12.2. The molecule has 0 saturated heterocycles. The number of hydrogen-bond donors (Lipinski definition) is 0. The molecule has 94 valence electrons. The largest absolute Gasteiger partial charge is 0.294 e. The zero-order valence-electron chi connectivity index (χ0n) is 9.79. The summed E-state index contributed by atoms with van der Waals surface area (Å²) in [5.41, 5.74) is 1.39. The van der Waals surface area contributed by atoms with Crippen LogP contribution < -0.4 is 0 Å². The van der Waals surface area contributed by atoms with Crippen molar-refractivity contribution in [3.05, 3.63) is 52.2 Å². The Kier molecular flexibility index (Phi) is 3.63. The van der Waals surface area contributed by atoms with E-state index < -0.39 is 9.84 Å². The molecule has 2 aromatic rings. The van der Waals surface area contributed by atoms with Crippen LogP contribution in [-0.4, -0.2) is 20.5 Å². The summed E-state index contributed by atoms with van der Waals surface area (Å²) in [7, 11) is -3.27. The molecule has 1 aromatic heterocycles. The Labute approximate surface area is 110 Å². The molecule has 0 aliphatic heterocycles. The van der Waals surface area contributed by atoms with Gasteiger partial charge < -0.3 is 0 Å². The minimum Gasteiger partial charge on any atom is -0.294 e. The van der Waals surface area contributed by atoms with Gasteiger partial charge in [-0.2, -0.15) is 11.3 Å². The number of carbonyl (C=O) groups is 1. The first-order chi connectivity index (χ1) is 8.47. The van der Waals surface area contributed by atoms with Crippen LogP contribution in [0.4, 0.5) is 0 Å². The number of Topliss-reactive ketones (excluding diaryl/α,β-unsaturated/α-hetero) is 1. The van der Waals surface area contributed by atoms with Crippen LogP contribution in [-0.2, 0) is 16.3 Å². The first kappa shape index (κ1) is 13.0. The van der Waals surface area contributed by atoms with Crippen molar-refractivity contribution in [2.24, 2.45) is 0 Å². The summed E-state index contributed by atoms with van der Waals surface area (Å²) < 4.78 is 22.8. The summed E-state index contributed by atoms with van der Waals surface area (Å²) in [5.74, 6) is -0.0705. The van der Waals surface area contributed by atoms with Crippen molar-refractivity contribution in [1.82, 2.24) is 0 Å². The molecule has 0 radical (unpaired) electrons. The van der Waals surface area contributed by atoms with Crippen molar-refractivity contribution >= 4 is 27.0 Å². The summed E-state index contributed by atoms with van der Waals surface area (Å²) in [6.45, 7) is 0. The minimum absolute atomic E-state index is 0.0705. The molecule has 3 nitrogen and oxygen atoms in total. The Morgan fingerprint density at radius 3 is 2.67 bits per heavy atom. The SMILES string of the molecule is CS(=O)(=O)c1cccc(C(=O)Cc2ccsc2)c1. The zero-order valence-corrected chi connectivity index (χ0v) is 11.4. The molecule has 0 N–H and O–H groups in total. The van der Waals surface area contributed by atoms with Gasteiger partial charge in [0.05, 0.1) is 4.90 Å². The highest BCUT2D eigenvalue weighted by molar-refractivity contribution is 7.90. The summed E-state index contributed by atoms with van der Waals surface area (Å²) >= 11 is 1.54. The molecule has 2 rings (SSSR count). The third-order valence-electron chi connectivity index (χ3n) is 2.53. The molecule has 0 unspecified atom stereocenters. The lowest BCUT2D eigenvalue weighted by atomic mass is 10.1. The van der Waals surface area contributed by atoms with E-state index in [9.17, 15) is 13.2 Å². The molecule has 0 aliphatic carbocycles. The Balaban J connectivity index is 2.26. The highest BCUT2D eigenvalue weighted by Gasteiger charge is 2.12. The van der Waals surface area contributed by atoms with Gasteiger partial charge in [0.25, 0.3) is 0 Å². The molecule has 0 amide bonds. The predicted molar refractivity (Wildman–Crippen MR) is 71.9 cm³/mol. The highest BCUT2D eigenvalue weighted by atomic mass is 32.2. The number of sulfone groups is 1. The molecule has 18 heavy (non-hydrogen) atoms. The van der Waals surface area contributed by atoms with Gasteiger partial charge in [0.2, 0.25) is 0 Å². The summed E-state index contributed by atoms with van der Waals surface area (Å²) in [6.07, 6.45) is 1.44. The molecule has 0 saturated carbocycles. The second-order valence-electron chi connectivity index (χ2n) is 4.03. The maximum absolute atomic E-state index is 12.0. The fourth-order valence-corrected chi connectivity index (χ4v) is 2.92. The fraction of sp³-hybridized carbons (Fsp3) is 0.154. The van der Waals surface area contributed by atoms with E-state index in [0.29, 0.717) is 12.0 Å². The molecule has 0 aliphatic rings. The Morgan fingerprint density at radius 1 is 1.28 bits per heavy atom. The van der Waals surface area contributed by atoms with E-state index in [1.165, 1.54) is 23.5 Å². The molecule has 1 aromatic carbocycles. The van der Waals surface area contributed by atoms with E-state index in [0.717, 1.165) is 11.8 Å². The molecule has 5 heteroatoms. The van der Waals surface area contributed by atoms with E-state index >= 15 is 0 Å². The highest BCUT2D eigenvalue weighted by Crippen LogP contribution is 2.15. The van der Waals surface area contributed by atoms with E-state index in [1.54, 1.807) is 12.1 Å². The fourth-order valence-electron chi connectivity index (χ4n) is 1.58. The monoisotopic (exact) mass is 280 g/mol. The predicted octanol–water partition coefficient (Wildman–Crippen LogP) is 2.58. The standard InChI is InChI=1S/C13H12O3S2/c1-18(15,16)12-4-2-3-11(8-12)13(14)7-10-5-6-17-9-10/h2-6,8-9H,7H2,1H3. The van der Waals surface area contributed by atoms with Crippen molar-refractivity contribution in [3.8, 4) is 0 Å².